The molecule has 1 heteroatoms. The number of allylic oxidation sites excluding steroid dienone is 1. The summed E-state index contributed by atoms with van der Waals surface area (Å²) in [4.78, 5) is 0. The molecule has 0 fully saturated rings. The topological polar surface area (TPSA) is 0 Å². The van der Waals surface area contributed by atoms with Crippen molar-refractivity contribution in [3.05, 3.63) is 111 Å². The van der Waals surface area contributed by atoms with Gasteiger partial charge in [0.1, 0.15) is 0 Å². The van der Waals surface area contributed by atoms with Crippen LogP contribution in [0.2, 0.25) is 0 Å². The molecular formula is C24H24Zr-4. The molecular weight excluding hydrogens is 379 g/mol. The van der Waals surface area contributed by atoms with E-state index in [0.29, 0.717) is 0 Å². The van der Waals surface area contributed by atoms with Crippen LogP contribution in [-0.2, 0) is 26.2 Å². The van der Waals surface area contributed by atoms with E-state index in [1.54, 1.807) is 0 Å². The van der Waals surface area contributed by atoms with Gasteiger partial charge in [-0.3, -0.25) is 0 Å². The third-order valence-electron chi connectivity index (χ3n) is 3.80. The molecule has 0 heterocycles. The Balaban J connectivity index is 0.000000189. The zero-order valence-electron chi connectivity index (χ0n) is 14.6. The van der Waals surface area contributed by atoms with Gasteiger partial charge in [-0.25, -0.2) is 0 Å². The Kier molecular flexibility index (Phi) is 10.0. The van der Waals surface area contributed by atoms with Crippen LogP contribution in [0.25, 0.3) is 22.3 Å². The van der Waals surface area contributed by atoms with Gasteiger partial charge in [0.25, 0.3) is 0 Å². The molecule has 0 amide bonds. The third-order valence-corrected chi connectivity index (χ3v) is 3.80. The van der Waals surface area contributed by atoms with Crippen molar-refractivity contribution in [3.8, 4) is 22.3 Å². The van der Waals surface area contributed by atoms with Crippen molar-refractivity contribution in [2.24, 2.45) is 0 Å². The summed E-state index contributed by atoms with van der Waals surface area (Å²) in [5, 5.41) is 0. The van der Waals surface area contributed by atoms with Crippen molar-refractivity contribution in [2.75, 3.05) is 0 Å². The van der Waals surface area contributed by atoms with Crippen molar-refractivity contribution in [1.82, 2.24) is 0 Å². The Labute approximate surface area is 171 Å². The van der Waals surface area contributed by atoms with Crippen LogP contribution in [0.3, 0.4) is 0 Å². The fraction of sp³-hybridized carbons (Fsp3) is 0.0833. The second kappa shape index (κ2) is 11.8. The number of hydrogen-bond donors (Lipinski definition) is 0. The van der Waals surface area contributed by atoms with Crippen LogP contribution in [0, 0.1) is 13.8 Å². The van der Waals surface area contributed by atoms with Gasteiger partial charge in [-0.05, 0) is 0 Å². The summed E-state index contributed by atoms with van der Waals surface area (Å²) in [5.74, 6) is 0. The van der Waals surface area contributed by atoms with Crippen molar-refractivity contribution in [2.45, 2.75) is 12.8 Å². The summed E-state index contributed by atoms with van der Waals surface area (Å²) < 4.78 is 0. The van der Waals surface area contributed by atoms with Crippen LogP contribution in [-0.4, -0.2) is 0 Å². The van der Waals surface area contributed by atoms with Gasteiger partial charge in [0, 0.05) is 26.2 Å². The first-order valence-electron chi connectivity index (χ1n) is 8.20. The summed E-state index contributed by atoms with van der Waals surface area (Å²) in [5.41, 5.74) is 6.44. The average molecular weight is 404 g/mol. The largest absolute Gasteiger partial charge is 0.339 e. The van der Waals surface area contributed by atoms with E-state index in [1.807, 2.05) is 0 Å². The molecule has 128 valence electrons. The van der Waals surface area contributed by atoms with Crippen LogP contribution in [0.4, 0.5) is 0 Å². The Morgan fingerprint density at radius 2 is 1.12 bits per heavy atom. The van der Waals surface area contributed by atoms with Gasteiger partial charge in [-0.2, -0.15) is 61.4 Å². The molecule has 0 spiro atoms. The Bertz CT molecular complexity index is 655. The zero-order valence-corrected chi connectivity index (χ0v) is 17.1. The molecule has 0 saturated carbocycles. The monoisotopic (exact) mass is 402 g/mol. The fourth-order valence-corrected chi connectivity index (χ4v) is 2.26. The van der Waals surface area contributed by atoms with E-state index in [9.17, 15) is 0 Å². The molecule has 0 aromatic rings. The van der Waals surface area contributed by atoms with Crippen LogP contribution in [0.15, 0.2) is 97.1 Å². The molecule has 0 aromatic carbocycles. The van der Waals surface area contributed by atoms with E-state index in [-0.39, 0.29) is 26.2 Å². The SMILES string of the molecule is C=C(C[CH2-])C[CH2-].[Zr].c1cc2cc[cH-]cc-2c1.c1cc2cc[cH-]cc-2c1. The van der Waals surface area contributed by atoms with Gasteiger partial charge in [-0.1, -0.05) is 24.3 Å². The van der Waals surface area contributed by atoms with Gasteiger partial charge in [0.15, 0.2) is 0 Å². The van der Waals surface area contributed by atoms with Crippen LogP contribution < -0.4 is 0 Å². The average Bonchev–Trinajstić information content (AvgIpc) is 3.30. The molecule has 4 rings (SSSR count). The normalized spacial score (nSPS) is 9.36. The van der Waals surface area contributed by atoms with E-state index in [1.165, 1.54) is 22.3 Å². The van der Waals surface area contributed by atoms with Gasteiger partial charge >= 0.3 is 0 Å². The summed E-state index contributed by atoms with van der Waals surface area (Å²) in [6.45, 7) is 10.9. The van der Waals surface area contributed by atoms with Crippen molar-refractivity contribution in [1.29, 1.82) is 0 Å². The van der Waals surface area contributed by atoms with E-state index in [2.05, 4.69) is 105 Å². The van der Waals surface area contributed by atoms with Gasteiger partial charge in [0.2, 0.25) is 0 Å². The first kappa shape index (κ1) is 21.3. The maximum absolute atomic E-state index is 3.67. The molecule has 0 nitrogen and oxygen atoms in total. The fourth-order valence-electron chi connectivity index (χ4n) is 2.26. The predicted octanol–water partition coefficient (Wildman–Crippen LogP) is 7.01. The smallest absolute Gasteiger partial charge is 0 e. The van der Waals surface area contributed by atoms with Crippen LogP contribution in [0.1, 0.15) is 12.8 Å². The molecule has 25 heavy (non-hydrogen) atoms. The second-order valence-corrected chi connectivity index (χ2v) is 5.56. The predicted molar refractivity (Wildman–Crippen MR) is 106 cm³/mol. The molecule has 0 aliphatic heterocycles. The minimum atomic E-state index is 0. The van der Waals surface area contributed by atoms with Crippen LogP contribution >= 0.6 is 0 Å². The maximum atomic E-state index is 3.67. The number of rotatable bonds is 2. The van der Waals surface area contributed by atoms with E-state index in [0.717, 1.165) is 18.4 Å². The van der Waals surface area contributed by atoms with Gasteiger partial charge in [0.05, 0.1) is 0 Å². The molecule has 0 radical (unpaired) electrons. The molecule has 0 atom stereocenters. The molecule has 4 aliphatic rings. The summed E-state index contributed by atoms with van der Waals surface area (Å²) >= 11 is 0. The second-order valence-electron chi connectivity index (χ2n) is 5.56. The molecule has 4 aliphatic carbocycles. The number of hydrogen-bond acceptors (Lipinski definition) is 0. The molecule has 0 aromatic heterocycles. The minimum absolute atomic E-state index is 0. The van der Waals surface area contributed by atoms with Crippen molar-refractivity contribution < 1.29 is 26.2 Å². The Morgan fingerprint density at radius 3 is 1.44 bits per heavy atom. The summed E-state index contributed by atoms with van der Waals surface area (Å²) in [7, 11) is 0. The Morgan fingerprint density at radius 1 is 0.720 bits per heavy atom. The van der Waals surface area contributed by atoms with E-state index in [4.69, 9.17) is 0 Å². The molecule has 0 bridgehead atoms. The molecule has 0 unspecified atom stereocenters. The number of fused-ring (bicyclic) bond motifs is 2. The molecule has 0 saturated heterocycles. The molecule has 0 N–H and O–H groups in total. The first-order valence-corrected chi connectivity index (χ1v) is 8.20. The quantitative estimate of drug-likeness (QED) is 0.249. The Hall–Kier alpha value is -1.72. The number of benzene rings is 2. The maximum Gasteiger partial charge on any atom is 0 e. The minimum Gasteiger partial charge on any atom is -0.339 e. The van der Waals surface area contributed by atoms with E-state index < -0.39 is 0 Å². The summed E-state index contributed by atoms with van der Waals surface area (Å²) in [6.07, 6.45) is 1.65. The third kappa shape index (κ3) is 6.96. The van der Waals surface area contributed by atoms with Gasteiger partial charge < -0.3 is 13.8 Å². The zero-order chi connectivity index (χ0) is 17.2. The van der Waals surface area contributed by atoms with Crippen LogP contribution in [0.5, 0.6) is 0 Å². The van der Waals surface area contributed by atoms with Crippen molar-refractivity contribution >= 4 is 0 Å². The van der Waals surface area contributed by atoms with E-state index >= 15 is 0 Å². The van der Waals surface area contributed by atoms with Gasteiger partial charge in [-0.15, -0.1) is 46.5 Å². The summed E-state index contributed by atoms with van der Waals surface area (Å²) in [6, 6.07) is 29.3. The standard InChI is InChI=1S/2C9H7.C6H10.Zr/c2*1-2-5-9-7-3-6-8(9)4-1;1-4-6(3)5-2;/h2*1-7H;1-5H2;/q2*-1;-2;. The first-order chi connectivity index (χ1) is 11.7. The van der Waals surface area contributed by atoms with Crippen molar-refractivity contribution in [3.63, 3.8) is 0 Å².